The summed E-state index contributed by atoms with van der Waals surface area (Å²) in [5.41, 5.74) is 0. The van der Waals surface area contributed by atoms with Gasteiger partial charge in [0.15, 0.2) is 5.25 Å². The molecule has 0 aromatic heterocycles. The number of ether oxygens (including phenoxy) is 1. The number of rotatable bonds is 11. The van der Waals surface area contributed by atoms with Gasteiger partial charge >= 0.3 is 5.97 Å². The van der Waals surface area contributed by atoms with Crippen LogP contribution in [0.4, 0.5) is 0 Å². The first-order valence-electron chi connectivity index (χ1n) is 6.61. The smallest absolute Gasteiger partial charge is 0.327 e. The molecule has 5 N–H and O–H groups in total. The number of unbranched alkanes of at least 4 members (excludes halogenated alkanes) is 5. The molecule has 0 aromatic carbocycles. The molecule has 8 nitrogen and oxygen atoms in total. The molecule has 0 spiro atoms. The summed E-state index contributed by atoms with van der Waals surface area (Å²) < 4.78 is 35.2. The largest absolute Gasteiger partial charge is 0.550 e. The number of hydrogen-bond donors (Lipinski definition) is 2. The maximum Gasteiger partial charge on any atom is 0.327 e. The van der Waals surface area contributed by atoms with Crippen LogP contribution in [0.15, 0.2) is 0 Å². The summed E-state index contributed by atoms with van der Waals surface area (Å²) in [6.07, 6.45) is 4.62. The van der Waals surface area contributed by atoms with Crippen molar-refractivity contribution in [3.05, 3.63) is 0 Å². The van der Waals surface area contributed by atoms with Crippen LogP contribution in [0.25, 0.3) is 0 Å². The Morgan fingerprint density at radius 2 is 1.67 bits per heavy atom. The van der Waals surface area contributed by atoms with Gasteiger partial charge < -0.3 is 20.8 Å². The van der Waals surface area contributed by atoms with E-state index in [0.717, 1.165) is 32.1 Å². The van der Waals surface area contributed by atoms with Crippen molar-refractivity contribution in [1.82, 2.24) is 6.15 Å². The highest BCUT2D eigenvalue weighted by molar-refractivity contribution is 7.87. The Labute approximate surface area is 125 Å². The molecule has 0 aliphatic rings. The van der Waals surface area contributed by atoms with E-state index in [2.05, 4.69) is 11.7 Å². The van der Waals surface area contributed by atoms with Crippen molar-refractivity contribution in [1.29, 1.82) is 0 Å². The van der Waals surface area contributed by atoms with Gasteiger partial charge in [0.1, 0.15) is 0 Å². The van der Waals surface area contributed by atoms with Crippen molar-refractivity contribution in [3.8, 4) is 0 Å². The van der Waals surface area contributed by atoms with Crippen molar-refractivity contribution >= 4 is 22.1 Å². The zero-order valence-electron chi connectivity index (χ0n) is 12.5. The van der Waals surface area contributed by atoms with Gasteiger partial charge in [-0.05, 0) is 6.42 Å². The molecule has 0 saturated carbocycles. The third-order valence-electron chi connectivity index (χ3n) is 2.72. The zero-order chi connectivity index (χ0) is 15.6. The Kier molecular flexibility index (Phi) is 12.1. The first kappa shape index (κ1) is 22.1. The van der Waals surface area contributed by atoms with Gasteiger partial charge in [0.2, 0.25) is 0 Å². The number of carboxylic acids is 1. The Hall–Kier alpha value is -1.19. The average molecular weight is 327 g/mol. The molecule has 1 unspecified atom stereocenters. The Morgan fingerprint density at radius 1 is 1.14 bits per heavy atom. The van der Waals surface area contributed by atoms with Crippen molar-refractivity contribution in [2.24, 2.45) is 0 Å². The number of esters is 1. The minimum atomic E-state index is -4.81. The molecule has 126 valence electrons. The molecule has 0 heterocycles. The summed E-state index contributed by atoms with van der Waals surface area (Å²) in [7, 11) is -4.81. The molecule has 1 atom stereocenters. The Bertz CT molecular complexity index is 408. The Balaban J connectivity index is 0. The summed E-state index contributed by atoms with van der Waals surface area (Å²) in [4.78, 5) is 21.8. The van der Waals surface area contributed by atoms with Crippen LogP contribution in [0.5, 0.6) is 0 Å². The van der Waals surface area contributed by atoms with Gasteiger partial charge in [0.25, 0.3) is 10.1 Å². The molecule has 0 aliphatic carbocycles. The molecular formula is C12H25NO7S. The van der Waals surface area contributed by atoms with Gasteiger partial charge in [-0.1, -0.05) is 39.0 Å². The number of carboxylic acid groups (broad SMARTS) is 1. The standard InChI is InChI=1S/C12H22O7S.H3N/c1-2-3-4-5-6-7-8-19-12(15)10(9-11(13)14)20(16,17)18;/h10H,2-9H2,1H3,(H,13,14)(H,16,17,18);1H3. The first-order chi connectivity index (χ1) is 9.29. The van der Waals surface area contributed by atoms with Crippen molar-refractivity contribution in [3.63, 3.8) is 0 Å². The van der Waals surface area contributed by atoms with Gasteiger partial charge in [-0.2, -0.15) is 8.42 Å². The van der Waals surface area contributed by atoms with E-state index in [1.807, 2.05) is 0 Å². The molecule has 21 heavy (non-hydrogen) atoms. The number of carbonyl (C=O) groups is 2. The van der Waals surface area contributed by atoms with Gasteiger partial charge in [-0.3, -0.25) is 9.35 Å². The fourth-order valence-electron chi connectivity index (χ4n) is 1.61. The van der Waals surface area contributed by atoms with Gasteiger partial charge in [0.05, 0.1) is 6.61 Å². The van der Waals surface area contributed by atoms with E-state index in [1.165, 1.54) is 0 Å². The summed E-state index contributed by atoms with van der Waals surface area (Å²) in [5, 5.41) is 8.23. The molecular weight excluding hydrogens is 302 g/mol. The molecule has 0 radical (unpaired) electrons. The molecule has 0 rings (SSSR count). The van der Waals surface area contributed by atoms with Crippen LogP contribution < -0.4 is 11.3 Å². The maximum atomic E-state index is 11.4. The lowest BCUT2D eigenvalue weighted by atomic mass is 10.1. The maximum absolute atomic E-state index is 11.4. The lowest BCUT2D eigenvalue weighted by molar-refractivity contribution is -0.305. The SMILES string of the molecule is CCCCCCCCOC(=O)C(CC(=O)[O-])S(=O)(=O)O.[NH4+]. The van der Waals surface area contributed by atoms with E-state index in [1.54, 1.807) is 0 Å². The van der Waals surface area contributed by atoms with Crippen molar-refractivity contribution in [2.75, 3.05) is 6.61 Å². The van der Waals surface area contributed by atoms with Gasteiger partial charge in [0, 0.05) is 12.4 Å². The van der Waals surface area contributed by atoms with E-state index in [9.17, 15) is 23.1 Å². The highest BCUT2D eigenvalue weighted by atomic mass is 32.2. The second-order valence-corrected chi connectivity index (χ2v) is 6.11. The third-order valence-corrected chi connectivity index (χ3v) is 3.79. The number of aliphatic carboxylic acids is 1. The Morgan fingerprint density at radius 3 is 2.14 bits per heavy atom. The van der Waals surface area contributed by atoms with E-state index >= 15 is 0 Å². The lowest BCUT2D eigenvalue weighted by Gasteiger charge is -2.13. The van der Waals surface area contributed by atoms with Crippen molar-refractivity contribution < 1.29 is 32.4 Å². The van der Waals surface area contributed by atoms with E-state index in [-0.39, 0.29) is 12.8 Å². The molecule has 9 heteroatoms. The molecule has 0 bridgehead atoms. The summed E-state index contributed by atoms with van der Waals surface area (Å²) >= 11 is 0. The van der Waals surface area contributed by atoms with Gasteiger partial charge in [-0.25, -0.2) is 0 Å². The van der Waals surface area contributed by atoms with Crippen LogP contribution in [0, 0.1) is 0 Å². The van der Waals surface area contributed by atoms with E-state index in [4.69, 9.17) is 4.55 Å². The molecule has 0 amide bonds. The highest BCUT2D eigenvalue weighted by Gasteiger charge is 2.32. The van der Waals surface area contributed by atoms with E-state index in [0.29, 0.717) is 6.42 Å². The van der Waals surface area contributed by atoms with Crippen LogP contribution in [0.3, 0.4) is 0 Å². The third kappa shape index (κ3) is 11.2. The normalized spacial score (nSPS) is 12.3. The van der Waals surface area contributed by atoms with Crippen LogP contribution in [-0.2, 0) is 24.4 Å². The van der Waals surface area contributed by atoms with Crippen molar-refractivity contribution in [2.45, 2.75) is 57.1 Å². The average Bonchev–Trinajstić information content (AvgIpc) is 2.33. The topological polar surface area (TPSA) is 157 Å². The zero-order valence-corrected chi connectivity index (χ0v) is 13.4. The van der Waals surface area contributed by atoms with Crippen LogP contribution >= 0.6 is 0 Å². The summed E-state index contributed by atoms with van der Waals surface area (Å²) in [5.74, 6) is -3.01. The highest BCUT2D eigenvalue weighted by Crippen LogP contribution is 2.09. The fourth-order valence-corrected chi connectivity index (χ4v) is 2.27. The molecule has 0 aliphatic heterocycles. The van der Waals surface area contributed by atoms with Crippen LogP contribution in [0.2, 0.25) is 0 Å². The second-order valence-electron chi connectivity index (χ2n) is 4.52. The van der Waals surface area contributed by atoms with Crippen LogP contribution in [0.1, 0.15) is 51.9 Å². The predicted molar refractivity (Wildman–Crippen MR) is 75.3 cm³/mol. The minimum absolute atomic E-state index is 0. The summed E-state index contributed by atoms with van der Waals surface area (Å²) in [6.45, 7) is 2.10. The quantitative estimate of drug-likeness (QED) is 0.320. The second kappa shape index (κ2) is 11.5. The predicted octanol–water partition coefficient (Wildman–Crippen LogP) is 0.663. The number of hydrogen-bond acceptors (Lipinski definition) is 6. The monoisotopic (exact) mass is 327 g/mol. The van der Waals surface area contributed by atoms with E-state index < -0.39 is 33.7 Å². The molecule has 0 saturated heterocycles. The number of quaternary nitrogens is 1. The lowest BCUT2D eigenvalue weighted by Crippen LogP contribution is -2.38. The minimum Gasteiger partial charge on any atom is -0.550 e. The summed E-state index contributed by atoms with van der Waals surface area (Å²) in [6, 6.07) is 0. The molecule has 0 fully saturated rings. The number of carbonyl (C=O) groups excluding carboxylic acids is 2. The fraction of sp³-hybridized carbons (Fsp3) is 0.833. The van der Waals surface area contributed by atoms with Crippen LogP contribution in [-0.4, -0.2) is 36.8 Å². The van der Waals surface area contributed by atoms with Gasteiger partial charge in [-0.15, -0.1) is 0 Å². The first-order valence-corrected chi connectivity index (χ1v) is 8.12. The molecule has 0 aromatic rings.